The number of aliphatic hydroxyl groups excluding tert-OH is 1. The van der Waals surface area contributed by atoms with Crippen LogP contribution in [0.1, 0.15) is 6.92 Å². The Balaban J connectivity index is 2.41. The lowest BCUT2D eigenvalue weighted by Gasteiger charge is -2.28. The Kier molecular flexibility index (Phi) is 6.04. The SMILES string of the molecule is CC1=C(C#N)C(=O)N(CCO)C(=O)C1N=Nc1ccc(I)cc1Cl. The summed E-state index contributed by atoms with van der Waals surface area (Å²) in [5.74, 6) is -1.36. The molecular formula is C15H12ClIN4O3. The van der Waals surface area contributed by atoms with Gasteiger partial charge in [0.25, 0.3) is 11.8 Å². The molecule has 0 aromatic heterocycles. The zero-order valence-corrected chi connectivity index (χ0v) is 15.4. The summed E-state index contributed by atoms with van der Waals surface area (Å²) in [5.41, 5.74) is 0.439. The van der Waals surface area contributed by atoms with Crippen LogP contribution in [0.2, 0.25) is 5.02 Å². The zero-order chi connectivity index (χ0) is 17.9. The molecule has 24 heavy (non-hydrogen) atoms. The van der Waals surface area contributed by atoms with Gasteiger partial charge in [-0.1, -0.05) is 11.6 Å². The first kappa shape index (κ1) is 18.5. The maximum atomic E-state index is 12.4. The number of nitriles is 1. The highest BCUT2D eigenvalue weighted by atomic mass is 127. The van der Waals surface area contributed by atoms with Crippen molar-refractivity contribution in [3.8, 4) is 6.07 Å². The van der Waals surface area contributed by atoms with Crippen molar-refractivity contribution in [3.63, 3.8) is 0 Å². The average Bonchev–Trinajstić information content (AvgIpc) is 2.53. The third-order valence-electron chi connectivity index (χ3n) is 3.39. The topological polar surface area (TPSA) is 106 Å². The molecule has 124 valence electrons. The van der Waals surface area contributed by atoms with Crippen LogP contribution in [0.3, 0.4) is 0 Å². The van der Waals surface area contributed by atoms with Gasteiger partial charge in [-0.15, -0.1) is 0 Å². The van der Waals surface area contributed by atoms with E-state index >= 15 is 0 Å². The van der Waals surface area contributed by atoms with Crippen LogP contribution in [0.4, 0.5) is 5.69 Å². The van der Waals surface area contributed by atoms with Crippen LogP contribution in [0.25, 0.3) is 0 Å². The van der Waals surface area contributed by atoms with Crippen molar-refractivity contribution in [2.75, 3.05) is 13.2 Å². The van der Waals surface area contributed by atoms with E-state index in [0.717, 1.165) is 8.47 Å². The first-order valence-corrected chi connectivity index (χ1v) is 8.29. The van der Waals surface area contributed by atoms with Gasteiger partial charge < -0.3 is 5.11 Å². The van der Waals surface area contributed by atoms with Crippen molar-refractivity contribution in [1.29, 1.82) is 5.26 Å². The predicted molar refractivity (Wildman–Crippen MR) is 94.6 cm³/mol. The number of carbonyl (C=O) groups excluding carboxylic acids is 2. The third-order valence-corrected chi connectivity index (χ3v) is 4.36. The molecule has 1 aliphatic heterocycles. The number of benzene rings is 1. The number of azo groups is 1. The second kappa shape index (κ2) is 7.83. The Morgan fingerprint density at radius 3 is 2.75 bits per heavy atom. The van der Waals surface area contributed by atoms with Crippen LogP contribution in [-0.2, 0) is 9.59 Å². The van der Waals surface area contributed by atoms with E-state index in [1.807, 2.05) is 0 Å². The number of hydrogen-bond acceptors (Lipinski definition) is 6. The van der Waals surface area contributed by atoms with Crippen molar-refractivity contribution in [2.24, 2.45) is 10.2 Å². The summed E-state index contributed by atoms with van der Waals surface area (Å²) >= 11 is 8.17. The van der Waals surface area contributed by atoms with Crippen LogP contribution >= 0.6 is 34.2 Å². The molecule has 2 amide bonds. The fourth-order valence-electron chi connectivity index (χ4n) is 2.14. The number of carbonyl (C=O) groups is 2. The Bertz CT molecular complexity index is 800. The molecule has 1 aromatic carbocycles. The quantitative estimate of drug-likeness (QED) is 0.425. The van der Waals surface area contributed by atoms with E-state index < -0.39 is 24.5 Å². The van der Waals surface area contributed by atoms with Crippen molar-refractivity contribution < 1.29 is 14.7 Å². The van der Waals surface area contributed by atoms with E-state index in [9.17, 15) is 9.59 Å². The molecule has 0 spiro atoms. The summed E-state index contributed by atoms with van der Waals surface area (Å²) in [4.78, 5) is 25.3. The number of rotatable bonds is 4. The Morgan fingerprint density at radius 2 is 2.17 bits per heavy atom. The van der Waals surface area contributed by atoms with Crippen LogP contribution in [0, 0.1) is 14.9 Å². The minimum Gasteiger partial charge on any atom is -0.395 e. The van der Waals surface area contributed by atoms with E-state index in [0.29, 0.717) is 10.7 Å². The largest absolute Gasteiger partial charge is 0.395 e. The zero-order valence-electron chi connectivity index (χ0n) is 12.5. The molecule has 0 fully saturated rings. The molecule has 2 rings (SSSR count). The summed E-state index contributed by atoms with van der Waals surface area (Å²) < 4.78 is 0.924. The number of β-amino-alcohol motifs (C(OH)–C–C–N with tert-alkyl or cyclic N) is 1. The fourth-order valence-corrected chi connectivity index (χ4v) is 3.03. The number of nitrogens with zero attached hydrogens (tertiary/aromatic N) is 4. The molecule has 0 saturated heterocycles. The van der Waals surface area contributed by atoms with Gasteiger partial charge >= 0.3 is 0 Å². The molecule has 1 aromatic rings. The minimum absolute atomic E-state index is 0.166. The highest BCUT2D eigenvalue weighted by Crippen LogP contribution is 2.29. The number of hydrogen-bond donors (Lipinski definition) is 1. The lowest BCUT2D eigenvalue weighted by atomic mass is 9.97. The summed E-state index contributed by atoms with van der Waals surface area (Å²) in [5, 5.41) is 26.5. The molecule has 0 aliphatic carbocycles. The van der Waals surface area contributed by atoms with Gasteiger partial charge in [0.2, 0.25) is 0 Å². The second-order valence-corrected chi connectivity index (χ2v) is 6.56. The molecular weight excluding hydrogens is 447 g/mol. The maximum Gasteiger partial charge on any atom is 0.271 e. The van der Waals surface area contributed by atoms with Gasteiger partial charge in [0.1, 0.15) is 17.3 Å². The van der Waals surface area contributed by atoms with Crippen LogP contribution < -0.4 is 0 Å². The van der Waals surface area contributed by atoms with Gasteiger partial charge in [-0.3, -0.25) is 14.5 Å². The first-order chi connectivity index (χ1) is 11.4. The van der Waals surface area contributed by atoms with E-state index in [1.165, 1.54) is 6.92 Å². The molecule has 0 saturated carbocycles. The monoisotopic (exact) mass is 458 g/mol. The van der Waals surface area contributed by atoms with Crippen molar-refractivity contribution in [2.45, 2.75) is 13.0 Å². The van der Waals surface area contributed by atoms with Crippen molar-refractivity contribution >= 4 is 51.7 Å². The van der Waals surface area contributed by atoms with Gasteiger partial charge in [0.05, 0.1) is 18.2 Å². The van der Waals surface area contributed by atoms with E-state index in [1.54, 1.807) is 24.3 Å². The molecule has 7 nitrogen and oxygen atoms in total. The summed E-state index contributed by atoms with van der Waals surface area (Å²) in [7, 11) is 0. The highest BCUT2D eigenvalue weighted by molar-refractivity contribution is 14.1. The molecule has 0 bridgehead atoms. The molecule has 1 heterocycles. The number of imide groups is 1. The standard InChI is InChI=1S/C15H12ClIN4O3/c1-8-10(7-18)14(23)21(4-5-22)15(24)13(8)20-19-12-3-2-9(17)6-11(12)16/h2-3,6,13,22H,4-5H2,1H3. The smallest absolute Gasteiger partial charge is 0.271 e. The van der Waals surface area contributed by atoms with Gasteiger partial charge in [-0.05, 0) is 53.3 Å². The molecule has 9 heteroatoms. The van der Waals surface area contributed by atoms with E-state index in [-0.39, 0.29) is 17.7 Å². The summed E-state index contributed by atoms with van der Waals surface area (Å²) in [6, 6.07) is 5.83. The van der Waals surface area contributed by atoms with Gasteiger partial charge in [0.15, 0.2) is 6.04 Å². The molecule has 1 aliphatic rings. The molecule has 1 atom stereocenters. The summed E-state index contributed by atoms with van der Waals surface area (Å²) in [6.07, 6.45) is 0. The third kappa shape index (κ3) is 3.63. The lowest BCUT2D eigenvalue weighted by molar-refractivity contribution is -0.144. The average molecular weight is 459 g/mol. The van der Waals surface area contributed by atoms with E-state index in [4.69, 9.17) is 22.0 Å². The fraction of sp³-hybridized carbons (Fsp3) is 0.267. The van der Waals surface area contributed by atoms with Gasteiger partial charge in [0, 0.05) is 3.57 Å². The van der Waals surface area contributed by atoms with E-state index in [2.05, 4.69) is 32.8 Å². The molecule has 0 radical (unpaired) electrons. The predicted octanol–water partition coefficient (Wildman–Crippen LogP) is 2.60. The Labute approximate surface area is 156 Å². The highest BCUT2D eigenvalue weighted by Gasteiger charge is 2.39. The molecule has 1 unspecified atom stereocenters. The lowest BCUT2D eigenvalue weighted by Crippen LogP contribution is -2.49. The minimum atomic E-state index is -1.10. The Morgan fingerprint density at radius 1 is 1.46 bits per heavy atom. The van der Waals surface area contributed by atoms with Crippen LogP contribution in [0.15, 0.2) is 39.6 Å². The normalized spacial score (nSPS) is 18.5. The van der Waals surface area contributed by atoms with Gasteiger partial charge in [-0.2, -0.15) is 15.5 Å². The number of amides is 2. The number of aliphatic hydroxyl groups is 1. The maximum absolute atomic E-state index is 12.4. The summed E-state index contributed by atoms with van der Waals surface area (Å²) in [6.45, 7) is 0.887. The van der Waals surface area contributed by atoms with Crippen LogP contribution in [-0.4, -0.2) is 41.0 Å². The first-order valence-electron chi connectivity index (χ1n) is 6.84. The Hall–Kier alpha value is -1.83. The van der Waals surface area contributed by atoms with Crippen molar-refractivity contribution in [3.05, 3.63) is 37.9 Å². The van der Waals surface area contributed by atoms with Crippen molar-refractivity contribution in [1.82, 2.24) is 4.90 Å². The van der Waals surface area contributed by atoms with Crippen LogP contribution in [0.5, 0.6) is 0 Å². The number of halogens is 2. The molecule has 1 N–H and O–H groups in total. The second-order valence-electron chi connectivity index (χ2n) is 4.90. The van der Waals surface area contributed by atoms with Gasteiger partial charge in [-0.25, -0.2) is 0 Å².